The van der Waals surface area contributed by atoms with Crippen LogP contribution in [0.25, 0.3) is 0 Å². The molecule has 0 saturated heterocycles. The van der Waals surface area contributed by atoms with E-state index in [1.165, 1.54) is 0 Å². The van der Waals surface area contributed by atoms with Gasteiger partial charge in [0.1, 0.15) is 0 Å². The lowest BCUT2D eigenvalue weighted by atomic mass is 10.3. The molecule has 0 N–H and O–H groups in total. The van der Waals surface area contributed by atoms with Gasteiger partial charge < -0.3 is 0 Å². The first-order chi connectivity index (χ1) is 5.44. The molecule has 0 amide bonds. The van der Waals surface area contributed by atoms with Gasteiger partial charge in [0.25, 0.3) is 0 Å². The lowest BCUT2D eigenvalue weighted by Gasteiger charge is -1.85. The molecule has 0 aromatic rings. The molecule has 0 bridgehead atoms. The van der Waals surface area contributed by atoms with E-state index in [0.717, 1.165) is 6.92 Å². The van der Waals surface area contributed by atoms with Gasteiger partial charge in [0.2, 0.25) is 0 Å². The summed E-state index contributed by atoms with van der Waals surface area (Å²) >= 11 is 3.18. The van der Waals surface area contributed by atoms with Gasteiger partial charge in [-0.25, -0.2) is 0 Å². The van der Waals surface area contributed by atoms with E-state index < -0.39 is 24.2 Å². The third-order valence-corrected chi connectivity index (χ3v) is 0.406. The highest BCUT2D eigenvalue weighted by molar-refractivity contribution is 7.96. The van der Waals surface area contributed by atoms with Crippen molar-refractivity contribution in [3.8, 4) is 0 Å². The highest BCUT2D eigenvalue weighted by Gasteiger charge is 1.88. The Balaban J connectivity index is 5.16. The quantitative estimate of drug-likeness (QED) is 0.566. The summed E-state index contributed by atoms with van der Waals surface area (Å²) in [6, 6.07) is 0. The van der Waals surface area contributed by atoms with Crippen LogP contribution in [-0.2, 0) is 4.79 Å². The maximum Gasteiger partial charge on any atom is 0.185 e. The van der Waals surface area contributed by atoms with Crippen molar-refractivity contribution in [2.45, 2.75) is 26.0 Å². The molecule has 0 saturated carbocycles. The number of thiol groups is 1. The van der Waals surface area contributed by atoms with Crippen LogP contribution in [0.5, 0.6) is 0 Å². The van der Waals surface area contributed by atoms with E-state index in [9.17, 15) is 4.79 Å². The Morgan fingerprint density at radius 3 is 2.71 bits per heavy atom. The van der Waals surface area contributed by atoms with Crippen LogP contribution in [0.1, 0.15) is 34.3 Å². The second-order valence-corrected chi connectivity index (χ2v) is 1.21. The van der Waals surface area contributed by atoms with E-state index >= 15 is 0 Å². The fourth-order valence-corrected chi connectivity index (χ4v) is 0.172. The fraction of sp³-hybridized carbons (Fsp3) is 0.800. The molecule has 0 aliphatic heterocycles. The van der Waals surface area contributed by atoms with E-state index in [1.807, 2.05) is 0 Å². The van der Waals surface area contributed by atoms with Gasteiger partial charge in [-0.05, 0) is 6.37 Å². The Bertz CT molecular complexity index is 220. The average molecular weight is 124 g/mol. The first kappa shape index (κ1) is 1.76. The summed E-state index contributed by atoms with van der Waals surface area (Å²) in [6.07, 6.45) is -8.29. The largest absolute Gasteiger partial charge is 0.288 e. The summed E-state index contributed by atoms with van der Waals surface area (Å²) in [5.74, 6) is 0. The highest BCUT2D eigenvalue weighted by Crippen LogP contribution is 1.95. The van der Waals surface area contributed by atoms with E-state index in [4.69, 9.17) is 8.22 Å². The summed E-state index contributed by atoms with van der Waals surface area (Å²) in [5, 5.41) is -1.32. The molecule has 0 heterocycles. The molecule has 1 nitrogen and oxygen atoms in total. The number of hydrogen-bond donors (Lipinski definition) is 1. The minimum atomic E-state index is -2.94. The van der Waals surface area contributed by atoms with Gasteiger partial charge in [0.15, 0.2) is 5.12 Å². The zero-order valence-corrected chi connectivity index (χ0v) is 4.75. The third kappa shape index (κ3) is 6.02. The van der Waals surface area contributed by atoms with Crippen LogP contribution in [0.15, 0.2) is 0 Å². The molecular formula is C5H10OS. The molecule has 0 radical (unpaired) electrons. The summed E-state index contributed by atoms with van der Waals surface area (Å²) in [4.78, 5) is 10.6. The Labute approximate surface area is 57.9 Å². The van der Waals surface area contributed by atoms with Gasteiger partial charge in [-0.1, -0.05) is 13.3 Å². The number of carbonyl (C=O) groups excluding carboxylic acids is 1. The van der Waals surface area contributed by atoms with Gasteiger partial charge >= 0.3 is 0 Å². The SMILES string of the molecule is [2H]C([2H])(C)C([2H])([2H])C([2H])([2H])C(=O)S. The van der Waals surface area contributed by atoms with Crippen molar-refractivity contribution in [3.63, 3.8) is 0 Å². The van der Waals surface area contributed by atoms with Crippen molar-refractivity contribution < 1.29 is 13.0 Å². The Hall–Kier alpha value is 0.0200. The number of carbonyl (C=O) groups is 1. The Morgan fingerprint density at radius 1 is 2.00 bits per heavy atom. The monoisotopic (exact) mass is 124 g/mol. The van der Waals surface area contributed by atoms with Crippen LogP contribution in [-0.4, -0.2) is 5.12 Å². The number of rotatable bonds is 3. The molecule has 0 aliphatic rings. The van der Waals surface area contributed by atoms with Crippen LogP contribution < -0.4 is 0 Å². The van der Waals surface area contributed by atoms with Crippen LogP contribution in [0.3, 0.4) is 0 Å². The van der Waals surface area contributed by atoms with Crippen molar-refractivity contribution in [1.29, 1.82) is 0 Å². The van der Waals surface area contributed by atoms with Crippen molar-refractivity contribution in [2.24, 2.45) is 0 Å². The van der Waals surface area contributed by atoms with Gasteiger partial charge in [0, 0.05) is 14.6 Å². The van der Waals surface area contributed by atoms with Crippen molar-refractivity contribution in [3.05, 3.63) is 0 Å². The van der Waals surface area contributed by atoms with Crippen LogP contribution >= 0.6 is 12.6 Å². The third-order valence-electron chi connectivity index (χ3n) is 0.294. The minimum Gasteiger partial charge on any atom is -0.288 e. The molecular weight excluding hydrogens is 108 g/mol. The summed E-state index contributed by atoms with van der Waals surface area (Å²) in [5.41, 5.74) is 0. The molecule has 2 heteroatoms. The normalized spacial score (nSPS) is 27.7. The lowest BCUT2D eigenvalue weighted by molar-refractivity contribution is -0.110. The van der Waals surface area contributed by atoms with Gasteiger partial charge in [0.05, 0.1) is 0 Å². The molecule has 0 fully saturated rings. The zero-order valence-electron chi connectivity index (χ0n) is 9.86. The van der Waals surface area contributed by atoms with Crippen molar-refractivity contribution in [2.75, 3.05) is 0 Å². The predicted molar refractivity (Wildman–Crippen MR) is 33.5 cm³/mol. The van der Waals surface area contributed by atoms with Gasteiger partial charge in [-0.3, -0.25) is 4.79 Å². The highest BCUT2D eigenvalue weighted by atomic mass is 32.1. The Kier molecular flexibility index (Phi) is 1.05. The lowest BCUT2D eigenvalue weighted by Crippen LogP contribution is -1.82. The smallest absolute Gasteiger partial charge is 0.185 e. The van der Waals surface area contributed by atoms with E-state index in [0.29, 0.717) is 0 Å². The topological polar surface area (TPSA) is 17.1 Å². The second-order valence-electron chi connectivity index (χ2n) is 0.805. The molecule has 0 aromatic heterocycles. The molecule has 0 spiro atoms. The Morgan fingerprint density at radius 2 is 2.57 bits per heavy atom. The molecule has 0 aliphatic carbocycles. The first-order valence-corrected chi connectivity index (χ1v) is 2.12. The van der Waals surface area contributed by atoms with Gasteiger partial charge in [-0.15, -0.1) is 12.6 Å². The van der Waals surface area contributed by atoms with Crippen LogP contribution in [0, 0.1) is 0 Å². The summed E-state index contributed by atoms with van der Waals surface area (Å²) < 4.78 is 42.5. The maximum atomic E-state index is 10.6. The van der Waals surface area contributed by atoms with E-state index in [-0.39, 0.29) is 0 Å². The van der Waals surface area contributed by atoms with E-state index in [2.05, 4.69) is 12.6 Å². The van der Waals surface area contributed by atoms with Crippen molar-refractivity contribution >= 4 is 17.7 Å². The van der Waals surface area contributed by atoms with Crippen molar-refractivity contribution in [1.82, 2.24) is 0 Å². The minimum absolute atomic E-state index is 0.877. The molecule has 0 atom stereocenters. The number of hydrogen-bond acceptors (Lipinski definition) is 1. The predicted octanol–water partition coefficient (Wildman–Crippen LogP) is 1.63. The van der Waals surface area contributed by atoms with E-state index in [1.54, 1.807) is 0 Å². The summed E-state index contributed by atoms with van der Waals surface area (Å²) in [7, 11) is 0. The second kappa shape index (κ2) is 4.19. The zero-order chi connectivity index (χ0) is 11.1. The van der Waals surface area contributed by atoms with Crippen LogP contribution in [0.4, 0.5) is 0 Å². The molecule has 0 rings (SSSR count). The first-order valence-electron chi connectivity index (χ1n) is 4.68. The maximum absolute atomic E-state index is 10.6. The molecule has 0 aromatic carbocycles. The average Bonchev–Trinajstić information content (AvgIpc) is 1.84. The fourth-order valence-electron chi connectivity index (χ4n) is 0.116. The molecule has 7 heavy (non-hydrogen) atoms. The standard InChI is InChI=1S/C5H10OS/c1-2-3-4-5(6)7/h2-4H2,1H3,(H,6,7)/i2D2,3D2,4D2. The summed E-state index contributed by atoms with van der Waals surface area (Å²) in [6.45, 7) is 0.877. The van der Waals surface area contributed by atoms with Crippen LogP contribution in [0.2, 0.25) is 0 Å². The van der Waals surface area contributed by atoms with Gasteiger partial charge in [-0.2, -0.15) is 0 Å². The molecule has 42 valence electrons. The molecule has 0 unspecified atom stereocenters.